The molecule has 3 heteroatoms. The van der Waals surface area contributed by atoms with E-state index in [-0.39, 0.29) is 0 Å². The van der Waals surface area contributed by atoms with Crippen LogP contribution in [0.15, 0.2) is 15.9 Å². The van der Waals surface area contributed by atoms with Crippen molar-refractivity contribution in [2.45, 2.75) is 31.7 Å². The summed E-state index contributed by atoms with van der Waals surface area (Å²) in [5.74, 6) is 0. The molecule has 0 aromatic carbocycles. The monoisotopic (exact) mass is 259 g/mol. The molecule has 1 unspecified atom stereocenters. The standard InChI is InChI=1S/C10H14BrNS/c11-8-5-7-13-10(8)9-4-2-1-3-6-12-9/h5,7,9,12H,1-4,6H2. The molecular formula is C10H14BrNS. The van der Waals surface area contributed by atoms with E-state index in [0.29, 0.717) is 6.04 Å². The van der Waals surface area contributed by atoms with E-state index >= 15 is 0 Å². The first-order valence-corrected chi connectivity index (χ1v) is 6.51. The van der Waals surface area contributed by atoms with Crippen molar-refractivity contribution in [3.05, 3.63) is 20.8 Å². The molecule has 1 fully saturated rings. The van der Waals surface area contributed by atoms with Gasteiger partial charge in [-0.1, -0.05) is 12.8 Å². The van der Waals surface area contributed by atoms with Gasteiger partial charge >= 0.3 is 0 Å². The van der Waals surface area contributed by atoms with Crippen LogP contribution in [0.4, 0.5) is 0 Å². The highest BCUT2D eigenvalue weighted by molar-refractivity contribution is 9.10. The van der Waals surface area contributed by atoms with E-state index in [2.05, 4.69) is 32.7 Å². The predicted molar refractivity (Wildman–Crippen MR) is 61.2 cm³/mol. The van der Waals surface area contributed by atoms with Crippen molar-refractivity contribution in [1.29, 1.82) is 0 Å². The first-order chi connectivity index (χ1) is 6.38. The molecule has 0 spiro atoms. The highest BCUT2D eigenvalue weighted by atomic mass is 79.9. The second-order valence-electron chi connectivity index (χ2n) is 3.49. The van der Waals surface area contributed by atoms with Crippen LogP contribution >= 0.6 is 27.3 Å². The number of rotatable bonds is 1. The van der Waals surface area contributed by atoms with Crippen LogP contribution < -0.4 is 5.32 Å². The van der Waals surface area contributed by atoms with Crippen molar-refractivity contribution in [3.63, 3.8) is 0 Å². The van der Waals surface area contributed by atoms with Crippen molar-refractivity contribution < 1.29 is 0 Å². The van der Waals surface area contributed by atoms with Crippen LogP contribution in [0.2, 0.25) is 0 Å². The van der Waals surface area contributed by atoms with Crippen LogP contribution in [0.5, 0.6) is 0 Å². The van der Waals surface area contributed by atoms with E-state index < -0.39 is 0 Å². The molecule has 13 heavy (non-hydrogen) atoms. The van der Waals surface area contributed by atoms with Crippen LogP contribution in [0.1, 0.15) is 36.6 Å². The lowest BCUT2D eigenvalue weighted by atomic mass is 10.1. The zero-order valence-electron chi connectivity index (χ0n) is 7.55. The smallest absolute Gasteiger partial charge is 0.0426 e. The minimum absolute atomic E-state index is 0.594. The van der Waals surface area contributed by atoms with Gasteiger partial charge in [0.15, 0.2) is 0 Å². The van der Waals surface area contributed by atoms with Gasteiger partial charge in [0.2, 0.25) is 0 Å². The summed E-state index contributed by atoms with van der Waals surface area (Å²) < 4.78 is 1.27. The van der Waals surface area contributed by atoms with Gasteiger partial charge in [-0.15, -0.1) is 11.3 Å². The zero-order valence-corrected chi connectivity index (χ0v) is 9.96. The Morgan fingerprint density at radius 1 is 1.38 bits per heavy atom. The maximum atomic E-state index is 3.61. The highest BCUT2D eigenvalue weighted by Gasteiger charge is 2.16. The van der Waals surface area contributed by atoms with Gasteiger partial charge in [0.05, 0.1) is 0 Å². The number of nitrogens with one attached hydrogen (secondary N) is 1. The van der Waals surface area contributed by atoms with Crippen LogP contribution in [-0.2, 0) is 0 Å². The minimum atomic E-state index is 0.594. The van der Waals surface area contributed by atoms with Gasteiger partial charge in [-0.3, -0.25) is 0 Å². The molecule has 0 radical (unpaired) electrons. The molecule has 0 amide bonds. The van der Waals surface area contributed by atoms with Crippen molar-refractivity contribution in [1.82, 2.24) is 5.32 Å². The second kappa shape index (κ2) is 4.58. The predicted octanol–water partition coefficient (Wildman–Crippen LogP) is 3.72. The molecule has 1 aromatic rings. The normalized spacial score (nSPS) is 24.2. The van der Waals surface area contributed by atoms with Gasteiger partial charge in [0, 0.05) is 15.4 Å². The lowest BCUT2D eigenvalue weighted by molar-refractivity contribution is 0.541. The number of hydrogen-bond acceptors (Lipinski definition) is 2. The third-order valence-electron chi connectivity index (χ3n) is 2.52. The third-order valence-corrected chi connectivity index (χ3v) is 4.51. The minimum Gasteiger partial charge on any atom is -0.309 e. The summed E-state index contributed by atoms with van der Waals surface area (Å²) in [5.41, 5.74) is 0. The molecule has 1 aliphatic rings. The lowest BCUT2D eigenvalue weighted by Crippen LogP contribution is -2.19. The molecule has 1 saturated heterocycles. The largest absolute Gasteiger partial charge is 0.309 e. The van der Waals surface area contributed by atoms with Gasteiger partial charge in [0.25, 0.3) is 0 Å². The molecule has 72 valence electrons. The Kier molecular flexibility index (Phi) is 3.41. The Bertz CT molecular complexity index is 264. The van der Waals surface area contributed by atoms with Crippen LogP contribution in [0, 0.1) is 0 Å². The number of thiophene rings is 1. The zero-order chi connectivity index (χ0) is 9.10. The van der Waals surface area contributed by atoms with Crippen LogP contribution in [0.25, 0.3) is 0 Å². The Balaban J connectivity index is 2.10. The fraction of sp³-hybridized carbons (Fsp3) is 0.600. The fourth-order valence-electron chi connectivity index (χ4n) is 1.81. The topological polar surface area (TPSA) is 12.0 Å². The van der Waals surface area contributed by atoms with Crippen molar-refractivity contribution in [3.8, 4) is 0 Å². The summed E-state index contributed by atoms with van der Waals surface area (Å²) in [7, 11) is 0. The van der Waals surface area contributed by atoms with E-state index in [1.807, 2.05) is 11.3 Å². The molecule has 0 bridgehead atoms. The molecule has 1 N–H and O–H groups in total. The van der Waals surface area contributed by atoms with Gasteiger partial charge in [-0.2, -0.15) is 0 Å². The molecular weight excluding hydrogens is 246 g/mol. The highest BCUT2D eigenvalue weighted by Crippen LogP contribution is 2.32. The SMILES string of the molecule is Brc1ccsc1C1CCCCCN1. The van der Waals surface area contributed by atoms with Crippen molar-refractivity contribution in [2.24, 2.45) is 0 Å². The Morgan fingerprint density at radius 2 is 2.31 bits per heavy atom. The van der Waals surface area contributed by atoms with E-state index in [9.17, 15) is 0 Å². The molecule has 1 aromatic heterocycles. The summed E-state index contributed by atoms with van der Waals surface area (Å²) in [4.78, 5) is 1.47. The Hall–Kier alpha value is 0.140. The van der Waals surface area contributed by atoms with Gasteiger partial charge < -0.3 is 5.32 Å². The summed E-state index contributed by atoms with van der Waals surface area (Å²) in [6, 6.07) is 2.74. The van der Waals surface area contributed by atoms with Gasteiger partial charge in [-0.05, 0) is 46.8 Å². The van der Waals surface area contributed by atoms with E-state index in [1.165, 1.54) is 41.6 Å². The Labute approximate surface area is 91.7 Å². The maximum absolute atomic E-state index is 3.61. The quantitative estimate of drug-likeness (QED) is 0.811. The first-order valence-electron chi connectivity index (χ1n) is 4.84. The molecule has 1 nitrogen and oxygen atoms in total. The second-order valence-corrected chi connectivity index (χ2v) is 5.29. The van der Waals surface area contributed by atoms with E-state index in [1.54, 1.807) is 0 Å². The summed E-state index contributed by atoms with van der Waals surface area (Å²) >= 11 is 5.45. The molecule has 0 aliphatic carbocycles. The molecule has 1 atom stereocenters. The van der Waals surface area contributed by atoms with Crippen molar-refractivity contribution in [2.75, 3.05) is 6.54 Å². The van der Waals surface area contributed by atoms with E-state index in [0.717, 1.165) is 0 Å². The van der Waals surface area contributed by atoms with Crippen LogP contribution in [0.3, 0.4) is 0 Å². The molecule has 2 heterocycles. The average Bonchev–Trinajstić information content (AvgIpc) is 2.43. The van der Waals surface area contributed by atoms with E-state index in [4.69, 9.17) is 0 Å². The summed E-state index contributed by atoms with van der Waals surface area (Å²) in [6.45, 7) is 1.18. The van der Waals surface area contributed by atoms with Crippen molar-refractivity contribution >= 4 is 27.3 Å². The fourth-order valence-corrected chi connectivity index (χ4v) is 3.57. The number of halogens is 1. The van der Waals surface area contributed by atoms with Crippen LogP contribution in [-0.4, -0.2) is 6.54 Å². The first kappa shape index (κ1) is 9.69. The third kappa shape index (κ3) is 2.33. The maximum Gasteiger partial charge on any atom is 0.0426 e. The Morgan fingerprint density at radius 3 is 3.08 bits per heavy atom. The molecule has 0 saturated carbocycles. The average molecular weight is 260 g/mol. The van der Waals surface area contributed by atoms with Gasteiger partial charge in [-0.25, -0.2) is 0 Å². The lowest BCUT2D eigenvalue weighted by Gasteiger charge is -2.14. The summed E-state index contributed by atoms with van der Waals surface area (Å²) in [5, 5.41) is 5.76. The number of hydrogen-bond donors (Lipinski definition) is 1. The summed E-state index contributed by atoms with van der Waals surface area (Å²) in [6.07, 6.45) is 5.37. The molecule has 2 rings (SSSR count). The van der Waals surface area contributed by atoms with Gasteiger partial charge in [0.1, 0.15) is 0 Å². The molecule has 1 aliphatic heterocycles.